The highest BCUT2D eigenvalue weighted by molar-refractivity contribution is 5.60. The molecule has 0 unspecified atom stereocenters. The normalized spacial score (nSPS) is 17.0. The van der Waals surface area contributed by atoms with Crippen molar-refractivity contribution in [3.8, 4) is 17.0 Å². The van der Waals surface area contributed by atoms with Crippen molar-refractivity contribution in [2.75, 3.05) is 13.7 Å². The second kappa shape index (κ2) is 4.38. The molecule has 0 amide bonds. The maximum atomic E-state index is 5.18. The zero-order chi connectivity index (χ0) is 13.5. The number of ether oxygens (including phenoxy) is 1. The first kappa shape index (κ1) is 12.2. The second-order valence-electron chi connectivity index (χ2n) is 5.42. The van der Waals surface area contributed by atoms with Crippen LogP contribution in [0.4, 0.5) is 0 Å². The Kier molecular flexibility index (Phi) is 2.82. The summed E-state index contributed by atoms with van der Waals surface area (Å²) in [6.45, 7) is 6.30. The lowest BCUT2D eigenvalue weighted by molar-refractivity contribution is 0.316. The summed E-state index contributed by atoms with van der Waals surface area (Å²) in [6.07, 6.45) is 2.14. The van der Waals surface area contributed by atoms with E-state index in [1.807, 2.05) is 24.3 Å². The molecule has 1 aliphatic rings. The molecule has 100 valence electrons. The highest BCUT2D eigenvalue weighted by Gasteiger charge is 2.29. The Bertz CT molecular complexity index is 584. The minimum atomic E-state index is -0.0665. The van der Waals surface area contributed by atoms with Crippen molar-refractivity contribution < 1.29 is 4.74 Å². The van der Waals surface area contributed by atoms with Gasteiger partial charge in [0.25, 0.3) is 0 Å². The largest absolute Gasteiger partial charge is 0.497 e. The first-order valence-electron chi connectivity index (χ1n) is 6.57. The number of fused-ring (bicyclic) bond motifs is 1. The van der Waals surface area contributed by atoms with E-state index in [2.05, 4.69) is 29.9 Å². The minimum absolute atomic E-state index is 0.0665. The third-order valence-electron chi connectivity index (χ3n) is 3.64. The van der Waals surface area contributed by atoms with Gasteiger partial charge in [0.1, 0.15) is 11.6 Å². The number of hydrogen-bond donors (Lipinski definition) is 1. The molecule has 0 radical (unpaired) electrons. The first-order chi connectivity index (χ1) is 9.10. The van der Waals surface area contributed by atoms with E-state index in [1.165, 1.54) is 0 Å². The van der Waals surface area contributed by atoms with Crippen molar-refractivity contribution in [3.05, 3.63) is 36.3 Å². The zero-order valence-electron chi connectivity index (χ0n) is 11.6. The quantitative estimate of drug-likeness (QED) is 0.898. The molecule has 0 atom stereocenters. The van der Waals surface area contributed by atoms with Crippen molar-refractivity contribution in [3.63, 3.8) is 0 Å². The van der Waals surface area contributed by atoms with Crippen LogP contribution in [-0.4, -0.2) is 23.2 Å². The summed E-state index contributed by atoms with van der Waals surface area (Å²) in [5.74, 6) is 1.97. The van der Waals surface area contributed by atoms with E-state index >= 15 is 0 Å². The molecule has 2 aromatic rings. The van der Waals surface area contributed by atoms with Gasteiger partial charge in [-0.15, -0.1) is 0 Å². The molecule has 0 aliphatic carbocycles. The molecule has 0 saturated carbocycles. The molecule has 0 spiro atoms. The molecule has 0 fully saturated rings. The highest BCUT2D eigenvalue weighted by Crippen LogP contribution is 2.27. The van der Waals surface area contributed by atoms with Crippen LogP contribution in [0.1, 0.15) is 19.7 Å². The Hall–Kier alpha value is -1.81. The molecule has 2 heterocycles. The molecule has 4 heteroatoms. The third-order valence-corrected chi connectivity index (χ3v) is 3.64. The van der Waals surface area contributed by atoms with E-state index in [1.54, 1.807) is 7.11 Å². The van der Waals surface area contributed by atoms with E-state index in [0.29, 0.717) is 0 Å². The SMILES string of the molecule is COc1ccc(-c2cn3c(n2)C(C)(C)NCC3)cc1. The standard InChI is InChI=1S/C15H19N3O/c1-15(2)14-17-13(10-18(14)9-8-16-15)11-4-6-12(19-3)7-5-11/h4-7,10,16H,8-9H2,1-3H3. The molecular formula is C15H19N3O. The summed E-state index contributed by atoms with van der Waals surface area (Å²) in [5.41, 5.74) is 2.08. The van der Waals surface area contributed by atoms with Crippen LogP contribution in [0.15, 0.2) is 30.5 Å². The lowest BCUT2D eigenvalue weighted by Gasteiger charge is -2.31. The number of benzene rings is 1. The summed E-state index contributed by atoms with van der Waals surface area (Å²) in [4.78, 5) is 4.79. The van der Waals surface area contributed by atoms with Crippen molar-refractivity contribution in [1.29, 1.82) is 0 Å². The summed E-state index contributed by atoms with van der Waals surface area (Å²) in [5, 5.41) is 3.49. The monoisotopic (exact) mass is 257 g/mol. The van der Waals surface area contributed by atoms with Gasteiger partial charge in [-0.3, -0.25) is 0 Å². The van der Waals surface area contributed by atoms with Gasteiger partial charge in [-0.05, 0) is 38.1 Å². The maximum Gasteiger partial charge on any atom is 0.129 e. The Labute approximate surface area is 113 Å². The fourth-order valence-electron chi connectivity index (χ4n) is 2.55. The van der Waals surface area contributed by atoms with Gasteiger partial charge < -0.3 is 14.6 Å². The molecule has 0 bridgehead atoms. The number of aromatic nitrogens is 2. The lowest BCUT2D eigenvalue weighted by atomic mass is 10.0. The van der Waals surface area contributed by atoms with Crippen LogP contribution in [-0.2, 0) is 12.1 Å². The highest BCUT2D eigenvalue weighted by atomic mass is 16.5. The zero-order valence-corrected chi connectivity index (χ0v) is 11.6. The van der Waals surface area contributed by atoms with Crippen molar-refractivity contribution in [2.45, 2.75) is 25.9 Å². The third kappa shape index (κ3) is 2.12. The fraction of sp³-hybridized carbons (Fsp3) is 0.400. The molecule has 0 saturated heterocycles. The molecule has 1 aromatic heterocycles. The summed E-state index contributed by atoms with van der Waals surface area (Å²) < 4.78 is 7.43. The Morgan fingerprint density at radius 2 is 2.00 bits per heavy atom. The van der Waals surface area contributed by atoms with Crippen LogP contribution < -0.4 is 10.1 Å². The van der Waals surface area contributed by atoms with Gasteiger partial charge in [-0.1, -0.05) is 0 Å². The van der Waals surface area contributed by atoms with E-state index < -0.39 is 0 Å². The van der Waals surface area contributed by atoms with E-state index in [9.17, 15) is 0 Å². The van der Waals surface area contributed by atoms with Gasteiger partial charge in [0.05, 0.1) is 18.3 Å². The second-order valence-corrected chi connectivity index (χ2v) is 5.42. The van der Waals surface area contributed by atoms with Crippen LogP contribution in [0.3, 0.4) is 0 Å². The van der Waals surface area contributed by atoms with Gasteiger partial charge >= 0.3 is 0 Å². The fourth-order valence-corrected chi connectivity index (χ4v) is 2.55. The topological polar surface area (TPSA) is 39.1 Å². The average molecular weight is 257 g/mol. The summed E-state index contributed by atoms with van der Waals surface area (Å²) in [6, 6.07) is 8.04. The minimum Gasteiger partial charge on any atom is -0.497 e. The van der Waals surface area contributed by atoms with Crippen LogP contribution >= 0.6 is 0 Å². The average Bonchev–Trinajstić information content (AvgIpc) is 2.84. The van der Waals surface area contributed by atoms with E-state index in [4.69, 9.17) is 9.72 Å². The van der Waals surface area contributed by atoms with Crippen molar-refractivity contribution >= 4 is 0 Å². The van der Waals surface area contributed by atoms with Gasteiger partial charge in [0.15, 0.2) is 0 Å². The number of nitrogens with zero attached hydrogens (tertiary/aromatic N) is 2. The van der Waals surface area contributed by atoms with Crippen LogP contribution in [0.2, 0.25) is 0 Å². The molecule has 19 heavy (non-hydrogen) atoms. The molecule has 1 aliphatic heterocycles. The van der Waals surface area contributed by atoms with E-state index in [0.717, 1.165) is 35.9 Å². The number of nitrogens with one attached hydrogen (secondary N) is 1. The summed E-state index contributed by atoms with van der Waals surface area (Å²) >= 11 is 0. The number of imidazole rings is 1. The first-order valence-corrected chi connectivity index (χ1v) is 6.57. The van der Waals surface area contributed by atoms with Crippen molar-refractivity contribution in [2.24, 2.45) is 0 Å². The number of hydrogen-bond acceptors (Lipinski definition) is 3. The Morgan fingerprint density at radius 1 is 1.26 bits per heavy atom. The van der Waals surface area contributed by atoms with Crippen LogP contribution in [0.25, 0.3) is 11.3 Å². The Morgan fingerprint density at radius 3 is 2.63 bits per heavy atom. The molecule has 3 rings (SSSR count). The maximum absolute atomic E-state index is 5.18. The van der Waals surface area contributed by atoms with Crippen molar-refractivity contribution in [1.82, 2.24) is 14.9 Å². The van der Waals surface area contributed by atoms with Gasteiger partial charge in [0.2, 0.25) is 0 Å². The number of methoxy groups -OCH3 is 1. The predicted octanol–water partition coefficient (Wildman–Crippen LogP) is 2.40. The van der Waals surface area contributed by atoms with E-state index in [-0.39, 0.29) is 5.54 Å². The van der Waals surface area contributed by atoms with Crippen LogP contribution in [0.5, 0.6) is 5.75 Å². The van der Waals surface area contributed by atoms with Gasteiger partial charge in [-0.25, -0.2) is 4.98 Å². The predicted molar refractivity (Wildman–Crippen MR) is 75.2 cm³/mol. The van der Waals surface area contributed by atoms with Gasteiger partial charge in [-0.2, -0.15) is 0 Å². The molecular weight excluding hydrogens is 238 g/mol. The summed E-state index contributed by atoms with van der Waals surface area (Å²) in [7, 11) is 1.68. The number of rotatable bonds is 2. The molecule has 4 nitrogen and oxygen atoms in total. The van der Waals surface area contributed by atoms with Gasteiger partial charge in [0, 0.05) is 24.8 Å². The Balaban J connectivity index is 2.00. The van der Waals surface area contributed by atoms with Crippen LogP contribution in [0, 0.1) is 0 Å². The molecule has 1 aromatic carbocycles. The lowest BCUT2D eigenvalue weighted by Crippen LogP contribution is -2.45. The molecule has 1 N–H and O–H groups in total. The smallest absolute Gasteiger partial charge is 0.129 e.